The van der Waals surface area contributed by atoms with Gasteiger partial charge in [-0.25, -0.2) is 17.9 Å². The first-order chi connectivity index (χ1) is 16.5. The van der Waals surface area contributed by atoms with Gasteiger partial charge in [0.2, 0.25) is 0 Å². The minimum Gasteiger partial charge on any atom is -0.337 e. The normalized spacial score (nSPS) is 16.2. The molecule has 1 aromatic heterocycles. The van der Waals surface area contributed by atoms with Crippen molar-refractivity contribution < 1.29 is 18.0 Å². The highest BCUT2D eigenvalue weighted by atomic mass is 19.1. The van der Waals surface area contributed by atoms with Crippen LogP contribution in [0.3, 0.4) is 0 Å². The van der Waals surface area contributed by atoms with Crippen LogP contribution in [0.15, 0.2) is 36.4 Å². The molecule has 0 spiro atoms. The van der Waals surface area contributed by atoms with E-state index < -0.39 is 23.1 Å². The van der Waals surface area contributed by atoms with E-state index in [0.717, 1.165) is 49.3 Å². The van der Waals surface area contributed by atoms with Crippen LogP contribution in [0.5, 0.6) is 0 Å². The average molecular weight is 464 g/mol. The number of halogens is 3. The fourth-order valence-corrected chi connectivity index (χ4v) is 4.50. The zero-order valence-corrected chi connectivity index (χ0v) is 18.5. The molecule has 1 aliphatic heterocycles. The Balaban J connectivity index is 1.63. The van der Waals surface area contributed by atoms with E-state index in [2.05, 4.69) is 5.10 Å². The molecule has 2 aliphatic rings. The Bertz CT molecular complexity index is 1270. The Morgan fingerprint density at radius 3 is 2.21 bits per heavy atom. The molecule has 0 N–H and O–H groups in total. The zero-order chi connectivity index (χ0) is 23.8. The van der Waals surface area contributed by atoms with Crippen LogP contribution in [0.25, 0.3) is 16.9 Å². The Hall–Kier alpha value is -3.60. The average Bonchev–Trinajstić information content (AvgIpc) is 3.62. The molecule has 1 saturated heterocycles. The second-order valence-electron chi connectivity index (χ2n) is 8.95. The van der Waals surface area contributed by atoms with E-state index in [4.69, 9.17) is 5.26 Å². The lowest BCUT2D eigenvalue weighted by atomic mass is 10.1. The maximum atomic E-state index is 15.2. The smallest absolute Gasteiger partial charge is 0.274 e. The van der Waals surface area contributed by atoms with Gasteiger partial charge in [0.15, 0.2) is 17.3 Å². The number of nitrogens with zero attached hydrogens (tertiary/aromatic N) is 4. The minimum atomic E-state index is -0.797. The first-order valence-electron chi connectivity index (χ1n) is 11.5. The highest BCUT2D eigenvalue weighted by Crippen LogP contribution is 2.41. The van der Waals surface area contributed by atoms with Crippen LogP contribution >= 0.6 is 0 Å². The molecular formula is C26H23F3N4O. The van der Waals surface area contributed by atoms with Gasteiger partial charge in [-0.05, 0) is 67.5 Å². The summed E-state index contributed by atoms with van der Waals surface area (Å²) >= 11 is 0. The molecule has 0 radical (unpaired) electrons. The van der Waals surface area contributed by atoms with Crippen molar-refractivity contribution in [3.05, 3.63) is 70.7 Å². The number of hydrogen-bond acceptors (Lipinski definition) is 3. The summed E-state index contributed by atoms with van der Waals surface area (Å²) in [7, 11) is 0. The van der Waals surface area contributed by atoms with Crippen molar-refractivity contribution in [3.8, 4) is 23.0 Å². The van der Waals surface area contributed by atoms with E-state index in [0.29, 0.717) is 18.7 Å². The number of hydrogen-bond donors (Lipinski definition) is 0. The van der Waals surface area contributed by atoms with Gasteiger partial charge in [-0.2, -0.15) is 10.4 Å². The molecule has 1 aliphatic carbocycles. The van der Waals surface area contributed by atoms with E-state index in [1.165, 1.54) is 30.3 Å². The summed E-state index contributed by atoms with van der Waals surface area (Å²) in [6.45, 7) is 1.18. The van der Waals surface area contributed by atoms with Crippen molar-refractivity contribution in [3.63, 3.8) is 0 Å². The molecule has 34 heavy (non-hydrogen) atoms. The van der Waals surface area contributed by atoms with Gasteiger partial charge >= 0.3 is 0 Å². The third kappa shape index (κ3) is 4.18. The number of rotatable bonds is 4. The number of aromatic nitrogens is 2. The summed E-state index contributed by atoms with van der Waals surface area (Å²) < 4.78 is 45.8. The Kier molecular flexibility index (Phi) is 5.86. The number of benzene rings is 2. The predicted octanol–water partition coefficient (Wildman–Crippen LogP) is 5.72. The monoisotopic (exact) mass is 464 g/mol. The molecule has 1 amide bonds. The van der Waals surface area contributed by atoms with Crippen molar-refractivity contribution in [1.82, 2.24) is 14.7 Å². The molecule has 2 aromatic carbocycles. The van der Waals surface area contributed by atoms with Gasteiger partial charge in [-0.1, -0.05) is 18.9 Å². The maximum Gasteiger partial charge on any atom is 0.274 e. The number of likely N-dealkylation sites (tertiary alicyclic amines) is 1. The molecule has 1 saturated carbocycles. The SMILES string of the molecule is N#Cc1ccc(-c2cc(C(=O)N3CCCCCC3)nn2-c2c(F)cc(C3CC3)cc2F)cc1F. The molecule has 5 nitrogen and oxygen atoms in total. The van der Waals surface area contributed by atoms with Crippen molar-refractivity contribution in [1.29, 1.82) is 5.26 Å². The molecule has 174 valence electrons. The molecule has 0 unspecified atom stereocenters. The summed E-state index contributed by atoms with van der Waals surface area (Å²) in [6.07, 6.45) is 5.63. The van der Waals surface area contributed by atoms with Crippen LogP contribution in [0, 0.1) is 28.8 Å². The van der Waals surface area contributed by atoms with Gasteiger partial charge in [0, 0.05) is 18.7 Å². The topological polar surface area (TPSA) is 61.9 Å². The molecule has 2 heterocycles. The van der Waals surface area contributed by atoms with Crippen molar-refractivity contribution in [2.45, 2.75) is 44.4 Å². The van der Waals surface area contributed by atoms with E-state index in [1.807, 2.05) is 0 Å². The predicted molar refractivity (Wildman–Crippen MR) is 120 cm³/mol. The van der Waals surface area contributed by atoms with Gasteiger partial charge in [0.1, 0.15) is 17.6 Å². The first kappa shape index (κ1) is 22.2. The summed E-state index contributed by atoms with van der Waals surface area (Å²) in [5.74, 6) is -2.53. The summed E-state index contributed by atoms with van der Waals surface area (Å²) in [4.78, 5) is 14.9. The minimum absolute atomic E-state index is 0.0340. The van der Waals surface area contributed by atoms with Crippen LogP contribution in [-0.2, 0) is 0 Å². The van der Waals surface area contributed by atoms with Gasteiger partial charge in [-0.3, -0.25) is 4.79 Å². The Morgan fingerprint density at radius 2 is 1.62 bits per heavy atom. The third-order valence-corrected chi connectivity index (χ3v) is 6.51. The first-order valence-corrected chi connectivity index (χ1v) is 11.5. The lowest BCUT2D eigenvalue weighted by Crippen LogP contribution is -2.32. The molecule has 2 fully saturated rings. The third-order valence-electron chi connectivity index (χ3n) is 6.51. The molecule has 0 atom stereocenters. The summed E-state index contributed by atoms with van der Waals surface area (Å²) in [5, 5.41) is 13.4. The van der Waals surface area contributed by atoms with Crippen molar-refractivity contribution in [2.24, 2.45) is 0 Å². The van der Waals surface area contributed by atoms with E-state index >= 15 is 8.78 Å². The number of carbonyl (C=O) groups excluding carboxylic acids is 1. The standard InChI is InChI=1S/C26H23F3N4O/c27-20-11-17(7-8-18(20)15-30)24-14-23(26(34)32-9-3-1-2-4-10-32)31-33(24)25-21(28)12-19(13-22(25)29)16-5-6-16/h7-8,11-14,16H,1-6,9-10H2. The number of carbonyl (C=O) groups is 1. The van der Waals surface area contributed by atoms with Crippen molar-refractivity contribution >= 4 is 5.91 Å². The summed E-state index contributed by atoms with van der Waals surface area (Å²) in [5.41, 5.74) is 0.480. The quantitative estimate of drug-likeness (QED) is 0.496. The van der Waals surface area contributed by atoms with E-state index in [1.54, 1.807) is 11.0 Å². The molecular weight excluding hydrogens is 441 g/mol. The number of amides is 1. The lowest BCUT2D eigenvalue weighted by molar-refractivity contribution is 0.0755. The maximum absolute atomic E-state index is 15.2. The van der Waals surface area contributed by atoms with Gasteiger partial charge in [-0.15, -0.1) is 0 Å². The van der Waals surface area contributed by atoms with Crippen LogP contribution in [0.2, 0.25) is 0 Å². The van der Waals surface area contributed by atoms with Gasteiger partial charge < -0.3 is 4.90 Å². The molecule has 3 aromatic rings. The summed E-state index contributed by atoms with van der Waals surface area (Å²) in [6, 6.07) is 9.67. The zero-order valence-electron chi connectivity index (χ0n) is 18.5. The largest absolute Gasteiger partial charge is 0.337 e. The second-order valence-corrected chi connectivity index (χ2v) is 8.95. The molecule has 0 bridgehead atoms. The number of nitriles is 1. The van der Waals surface area contributed by atoms with Gasteiger partial charge in [0.25, 0.3) is 5.91 Å². The van der Waals surface area contributed by atoms with Crippen LogP contribution < -0.4 is 0 Å². The lowest BCUT2D eigenvalue weighted by Gasteiger charge is -2.18. The Labute approximate surface area is 195 Å². The van der Waals surface area contributed by atoms with Crippen LogP contribution in [0.1, 0.15) is 66.1 Å². The molecule has 8 heteroatoms. The van der Waals surface area contributed by atoms with Crippen molar-refractivity contribution in [2.75, 3.05) is 13.1 Å². The van der Waals surface area contributed by atoms with Crippen LogP contribution in [0.4, 0.5) is 13.2 Å². The fourth-order valence-electron chi connectivity index (χ4n) is 4.50. The fraction of sp³-hybridized carbons (Fsp3) is 0.346. The van der Waals surface area contributed by atoms with Crippen LogP contribution in [-0.4, -0.2) is 33.7 Å². The molecule has 5 rings (SSSR count). The van der Waals surface area contributed by atoms with E-state index in [9.17, 15) is 9.18 Å². The highest BCUT2D eigenvalue weighted by molar-refractivity contribution is 5.93. The van der Waals surface area contributed by atoms with Gasteiger partial charge in [0.05, 0.1) is 11.3 Å². The van der Waals surface area contributed by atoms with E-state index in [-0.39, 0.29) is 34.3 Å². The highest BCUT2D eigenvalue weighted by Gasteiger charge is 2.29. The Morgan fingerprint density at radius 1 is 0.941 bits per heavy atom. The second kappa shape index (κ2) is 8.98.